The molecule has 0 saturated heterocycles. The van der Waals surface area contributed by atoms with E-state index in [4.69, 9.17) is 0 Å². The normalized spacial score (nSPS) is 18.7. The van der Waals surface area contributed by atoms with Crippen molar-refractivity contribution >= 4 is 11.8 Å². The lowest BCUT2D eigenvalue weighted by Crippen LogP contribution is -2.31. The van der Waals surface area contributed by atoms with Gasteiger partial charge in [-0.1, -0.05) is 17.8 Å². The molecule has 0 aromatic carbocycles. The minimum atomic E-state index is -0.197. The molecule has 0 spiro atoms. The molecule has 0 fully saturated rings. The lowest BCUT2D eigenvalue weighted by atomic mass is 10.2. The third kappa shape index (κ3) is 2.28. The van der Waals surface area contributed by atoms with Gasteiger partial charge < -0.3 is 4.90 Å². The molecule has 6 nitrogen and oxygen atoms in total. The number of nitrogens with one attached hydrogen (secondary N) is 1. The van der Waals surface area contributed by atoms with Gasteiger partial charge >= 0.3 is 5.69 Å². The zero-order chi connectivity index (χ0) is 13.2. The van der Waals surface area contributed by atoms with Crippen molar-refractivity contribution in [1.29, 1.82) is 0 Å². The zero-order valence-corrected chi connectivity index (χ0v) is 11.2. The standard InChI is InChI=1S/C12H13N5OS/c1-9-7-19-12(17-8-14-15-11(17)18)16(9)6-10-3-2-4-13-5-10/h2-5,7-8,12H,6H2,1H3,(H,15,18). The summed E-state index contributed by atoms with van der Waals surface area (Å²) in [6.07, 6.45) is 5.12. The number of thioether (sulfide) groups is 1. The van der Waals surface area contributed by atoms with Crippen LogP contribution in [0.5, 0.6) is 0 Å². The average molecular weight is 275 g/mol. The highest BCUT2D eigenvalue weighted by atomic mass is 32.2. The van der Waals surface area contributed by atoms with Crippen molar-refractivity contribution in [3.63, 3.8) is 0 Å². The number of pyridine rings is 1. The number of aromatic nitrogens is 4. The molecule has 98 valence electrons. The van der Waals surface area contributed by atoms with E-state index >= 15 is 0 Å². The Kier molecular flexibility index (Phi) is 3.12. The highest BCUT2D eigenvalue weighted by Gasteiger charge is 2.27. The maximum absolute atomic E-state index is 11.7. The zero-order valence-electron chi connectivity index (χ0n) is 10.4. The van der Waals surface area contributed by atoms with Gasteiger partial charge in [-0.3, -0.25) is 9.55 Å². The molecule has 0 saturated carbocycles. The predicted molar refractivity (Wildman–Crippen MR) is 73.0 cm³/mol. The van der Waals surface area contributed by atoms with Crippen LogP contribution in [0.3, 0.4) is 0 Å². The first-order chi connectivity index (χ1) is 9.25. The van der Waals surface area contributed by atoms with E-state index < -0.39 is 0 Å². The monoisotopic (exact) mass is 275 g/mol. The maximum atomic E-state index is 11.7. The Balaban J connectivity index is 1.87. The molecule has 0 radical (unpaired) electrons. The Morgan fingerprint density at radius 3 is 3.11 bits per heavy atom. The van der Waals surface area contributed by atoms with Crippen LogP contribution < -0.4 is 5.69 Å². The Labute approximate surface area is 114 Å². The van der Waals surface area contributed by atoms with Crippen molar-refractivity contribution < 1.29 is 0 Å². The molecule has 19 heavy (non-hydrogen) atoms. The number of allylic oxidation sites excluding steroid dienone is 1. The van der Waals surface area contributed by atoms with Crippen LogP contribution in [0, 0.1) is 0 Å². The molecule has 2 aromatic heterocycles. The molecule has 3 heterocycles. The molecule has 2 aromatic rings. The summed E-state index contributed by atoms with van der Waals surface area (Å²) in [7, 11) is 0. The number of hydrogen-bond donors (Lipinski definition) is 1. The van der Waals surface area contributed by atoms with Gasteiger partial charge in [0.1, 0.15) is 6.33 Å². The molecule has 3 rings (SSSR count). The first kappa shape index (κ1) is 12.0. The summed E-state index contributed by atoms with van der Waals surface area (Å²) in [6.45, 7) is 2.75. The van der Waals surface area contributed by atoms with Crippen molar-refractivity contribution in [2.75, 3.05) is 0 Å². The fourth-order valence-corrected chi connectivity index (χ4v) is 3.12. The van der Waals surface area contributed by atoms with Crippen LogP contribution in [-0.2, 0) is 6.54 Å². The van der Waals surface area contributed by atoms with E-state index in [-0.39, 0.29) is 11.2 Å². The van der Waals surface area contributed by atoms with Gasteiger partial charge in [0.2, 0.25) is 0 Å². The number of hydrogen-bond acceptors (Lipinski definition) is 5. The molecular weight excluding hydrogens is 262 g/mol. The van der Waals surface area contributed by atoms with E-state index in [2.05, 4.69) is 25.5 Å². The second kappa shape index (κ2) is 4.93. The lowest BCUT2D eigenvalue weighted by Gasteiger charge is -2.27. The number of aromatic amines is 1. The Bertz CT molecular complexity index is 647. The smallest absolute Gasteiger partial charge is 0.341 e. The van der Waals surface area contributed by atoms with Gasteiger partial charge in [0, 0.05) is 24.6 Å². The highest BCUT2D eigenvalue weighted by Crippen LogP contribution is 2.38. The summed E-state index contributed by atoms with van der Waals surface area (Å²) in [5, 5.41) is 8.27. The minimum Gasteiger partial charge on any atom is -0.341 e. The van der Waals surface area contributed by atoms with E-state index in [1.165, 1.54) is 6.33 Å². The van der Waals surface area contributed by atoms with E-state index in [0.717, 1.165) is 11.3 Å². The number of nitrogens with zero attached hydrogens (tertiary/aromatic N) is 4. The van der Waals surface area contributed by atoms with Crippen LogP contribution in [-0.4, -0.2) is 24.6 Å². The quantitative estimate of drug-likeness (QED) is 0.920. The summed E-state index contributed by atoms with van der Waals surface area (Å²) < 4.78 is 1.59. The van der Waals surface area contributed by atoms with Crippen molar-refractivity contribution in [2.24, 2.45) is 0 Å². The molecule has 1 aliphatic heterocycles. The molecule has 1 unspecified atom stereocenters. The summed E-state index contributed by atoms with van der Waals surface area (Å²) in [5.74, 6) is 0. The first-order valence-corrected chi connectivity index (χ1v) is 6.79. The Hall–Kier alpha value is -2.02. The van der Waals surface area contributed by atoms with Crippen molar-refractivity contribution in [1.82, 2.24) is 24.6 Å². The van der Waals surface area contributed by atoms with Gasteiger partial charge in [0.15, 0.2) is 5.50 Å². The van der Waals surface area contributed by atoms with Crippen LogP contribution >= 0.6 is 11.8 Å². The van der Waals surface area contributed by atoms with E-state index in [1.54, 1.807) is 22.5 Å². The second-order valence-corrected chi connectivity index (χ2v) is 5.21. The minimum absolute atomic E-state index is 0.0912. The fourth-order valence-electron chi connectivity index (χ4n) is 2.00. The third-order valence-electron chi connectivity index (χ3n) is 2.97. The largest absolute Gasteiger partial charge is 0.345 e. The van der Waals surface area contributed by atoms with Crippen LogP contribution in [0.1, 0.15) is 18.0 Å². The van der Waals surface area contributed by atoms with Gasteiger partial charge in [0.25, 0.3) is 0 Å². The second-order valence-electron chi connectivity index (χ2n) is 4.28. The van der Waals surface area contributed by atoms with E-state index in [9.17, 15) is 4.79 Å². The summed E-state index contributed by atoms with van der Waals surface area (Å²) in [4.78, 5) is 17.9. The average Bonchev–Trinajstić information content (AvgIpc) is 2.99. The van der Waals surface area contributed by atoms with Crippen LogP contribution in [0.2, 0.25) is 0 Å². The summed E-state index contributed by atoms with van der Waals surface area (Å²) >= 11 is 1.60. The summed E-state index contributed by atoms with van der Waals surface area (Å²) in [6, 6.07) is 3.94. The third-order valence-corrected chi connectivity index (χ3v) is 4.17. The van der Waals surface area contributed by atoms with Gasteiger partial charge in [-0.05, 0) is 24.0 Å². The van der Waals surface area contributed by atoms with Gasteiger partial charge in [0.05, 0.1) is 0 Å². The Morgan fingerprint density at radius 2 is 2.42 bits per heavy atom. The van der Waals surface area contributed by atoms with Crippen molar-refractivity contribution in [3.05, 3.63) is 58.0 Å². The van der Waals surface area contributed by atoms with Crippen LogP contribution in [0.25, 0.3) is 0 Å². The summed E-state index contributed by atoms with van der Waals surface area (Å²) in [5.41, 5.74) is 1.95. The molecule has 0 amide bonds. The van der Waals surface area contributed by atoms with Crippen LogP contribution in [0.4, 0.5) is 0 Å². The van der Waals surface area contributed by atoms with Crippen molar-refractivity contribution in [3.8, 4) is 0 Å². The lowest BCUT2D eigenvalue weighted by molar-refractivity contribution is 0.264. The maximum Gasteiger partial charge on any atom is 0.345 e. The topological polar surface area (TPSA) is 66.8 Å². The molecule has 1 atom stereocenters. The van der Waals surface area contributed by atoms with E-state index in [0.29, 0.717) is 6.54 Å². The Morgan fingerprint density at radius 1 is 1.53 bits per heavy atom. The molecule has 1 N–H and O–H groups in total. The van der Waals surface area contributed by atoms with E-state index in [1.807, 2.05) is 25.3 Å². The molecule has 0 bridgehead atoms. The van der Waals surface area contributed by atoms with Gasteiger partial charge in [-0.15, -0.1) is 0 Å². The predicted octanol–water partition coefficient (Wildman–Crippen LogP) is 1.53. The van der Waals surface area contributed by atoms with Gasteiger partial charge in [-0.2, -0.15) is 5.10 Å². The van der Waals surface area contributed by atoms with Crippen LogP contribution in [0.15, 0.2) is 46.8 Å². The number of H-pyrrole nitrogens is 1. The molecule has 0 aliphatic carbocycles. The SMILES string of the molecule is CC1=CSC(n2cn[nH]c2=O)N1Cc1cccnc1. The van der Waals surface area contributed by atoms with Gasteiger partial charge in [-0.25, -0.2) is 9.89 Å². The first-order valence-electron chi connectivity index (χ1n) is 5.85. The molecule has 1 aliphatic rings. The van der Waals surface area contributed by atoms with Crippen molar-refractivity contribution in [2.45, 2.75) is 19.0 Å². The molecular formula is C12H13N5OS. The fraction of sp³-hybridized carbons (Fsp3) is 0.250. The highest BCUT2D eigenvalue weighted by molar-refractivity contribution is 8.02. The number of rotatable bonds is 3. The molecule has 7 heteroatoms.